The molecule has 0 saturated heterocycles. The number of hydrogen-bond acceptors (Lipinski definition) is 4. The van der Waals surface area contributed by atoms with Gasteiger partial charge in [0.15, 0.2) is 0 Å². The fraction of sp³-hybridized carbons (Fsp3) is 0.0213. The van der Waals surface area contributed by atoms with Crippen LogP contribution in [0.1, 0.15) is 22.8 Å². The van der Waals surface area contributed by atoms with Crippen molar-refractivity contribution in [2.45, 2.75) is 0 Å². The number of H-pyrrole nitrogens is 1. The van der Waals surface area contributed by atoms with Gasteiger partial charge in [0.05, 0.1) is 22.8 Å². The van der Waals surface area contributed by atoms with Gasteiger partial charge in [0, 0.05) is 66.1 Å². The van der Waals surface area contributed by atoms with E-state index in [0.29, 0.717) is 6.61 Å². The van der Waals surface area contributed by atoms with Gasteiger partial charge in [0.1, 0.15) is 12.4 Å². The van der Waals surface area contributed by atoms with Gasteiger partial charge in [-0.2, -0.15) is 0 Å². The summed E-state index contributed by atoms with van der Waals surface area (Å²) in [5.41, 5.74) is 13.5. The molecule has 0 unspecified atom stereocenters. The van der Waals surface area contributed by atoms with Crippen LogP contribution < -0.4 is 4.74 Å². The van der Waals surface area contributed by atoms with Gasteiger partial charge in [-0.3, -0.25) is 0 Å². The highest BCUT2D eigenvalue weighted by molar-refractivity contribution is 9.11. The van der Waals surface area contributed by atoms with Crippen molar-refractivity contribution in [1.82, 2.24) is 15.0 Å². The molecule has 8 bridgehead atoms. The van der Waals surface area contributed by atoms with Crippen molar-refractivity contribution in [3.8, 4) is 50.3 Å². The van der Waals surface area contributed by atoms with E-state index in [1.54, 1.807) is 17.4 Å². The first kappa shape index (κ1) is 37.0. The molecular formula is C47H29Br4N3OS. The first-order valence-electron chi connectivity index (χ1n) is 17.7. The van der Waals surface area contributed by atoms with E-state index in [9.17, 15) is 0 Å². The third kappa shape index (κ3) is 7.23. The highest BCUT2D eigenvalue weighted by Crippen LogP contribution is 2.44. The normalized spacial score (nSPS) is 11.9. The van der Waals surface area contributed by atoms with Crippen molar-refractivity contribution < 1.29 is 4.74 Å². The van der Waals surface area contributed by atoms with Crippen LogP contribution in [0.25, 0.3) is 89.2 Å². The zero-order valence-electron chi connectivity index (χ0n) is 29.5. The number of aromatic amines is 1. The molecule has 4 aromatic carbocycles. The summed E-state index contributed by atoms with van der Waals surface area (Å²) in [4.78, 5) is 14.7. The minimum absolute atomic E-state index is 0.375. The minimum atomic E-state index is 0.375. The molecular weight excluding hydrogens is 974 g/mol. The second-order valence-electron chi connectivity index (χ2n) is 13.1. The number of thiophene rings is 1. The van der Waals surface area contributed by atoms with E-state index in [4.69, 9.17) is 14.7 Å². The van der Waals surface area contributed by atoms with Crippen molar-refractivity contribution >= 4 is 120 Å². The standard InChI is InChI=1S/C47H29Br4N3OS/c1-2-25-55-41-22-15-33(51)26-34(41)47-40-21-19-38(54-40)45(28-5-11-31(49)12-6-28)36-17-16-35(52-36)44(27-3-9-30(48)10-4-27)37-18-20-39(53-37)46(42-23-24-43(47)56-42)29-7-13-32(50)14-8-29/h2-24,26,52H,1,25H2. The minimum Gasteiger partial charge on any atom is -0.489 e. The number of ether oxygens (including phenoxy) is 1. The SMILES string of the molecule is C=CCOc1ccc(Br)cc1-c1c2nc(c(-c3ccc(Br)cc3)c3ccc([nH]3)c(-c3ccc(Br)cc3)c3nc(c(-c4ccc(Br)cc4)c4ccc1s4)C=C3)C=C2. The molecule has 0 aliphatic carbocycles. The highest BCUT2D eigenvalue weighted by Gasteiger charge is 2.21. The first-order valence-corrected chi connectivity index (χ1v) is 21.7. The van der Waals surface area contributed by atoms with Gasteiger partial charge >= 0.3 is 0 Å². The molecule has 2 aliphatic heterocycles. The van der Waals surface area contributed by atoms with E-state index in [2.05, 4.69) is 203 Å². The molecule has 3 aromatic heterocycles. The van der Waals surface area contributed by atoms with Crippen LogP contribution >= 0.6 is 75.1 Å². The summed E-state index contributed by atoms with van der Waals surface area (Å²) in [6, 6.07) is 40.1. The van der Waals surface area contributed by atoms with Gasteiger partial charge in [0.2, 0.25) is 0 Å². The van der Waals surface area contributed by atoms with E-state index in [1.165, 1.54) is 0 Å². The number of nitrogens with zero attached hydrogens (tertiary/aromatic N) is 2. The quantitative estimate of drug-likeness (QED) is 0.162. The van der Waals surface area contributed by atoms with Crippen LogP contribution in [0.5, 0.6) is 5.75 Å². The fourth-order valence-corrected chi connectivity index (χ4v) is 9.40. The average Bonchev–Trinajstić information content (AvgIpc) is 4.05. The zero-order valence-corrected chi connectivity index (χ0v) is 36.7. The Morgan fingerprint density at radius 1 is 0.518 bits per heavy atom. The van der Waals surface area contributed by atoms with Gasteiger partial charge in [-0.15, -0.1) is 11.3 Å². The average molecular weight is 1000 g/mol. The van der Waals surface area contributed by atoms with E-state index in [0.717, 1.165) is 111 Å². The lowest BCUT2D eigenvalue weighted by Gasteiger charge is -2.12. The lowest BCUT2D eigenvalue weighted by Crippen LogP contribution is -1.96. The Morgan fingerprint density at radius 3 is 1.45 bits per heavy atom. The van der Waals surface area contributed by atoms with E-state index in [1.807, 2.05) is 12.1 Å². The fourth-order valence-electron chi connectivity index (χ4n) is 7.09. The van der Waals surface area contributed by atoms with Gasteiger partial charge in [-0.25, -0.2) is 9.97 Å². The van der Waals surface area contributed by atoms with Gasteiger partial charge in [-0.1, -0.05) is 113 Å². The van der Waals surface area contributed by atoms with Crippen LogP contribution in [0.4, 0.5) is 0 Å². The van der Waals surface area contributed by atoms with Crippen molar-refractivity contribution in [3.05, 3.63) is 169 Å². The third-order valence-electron chi connectivity index (χ3n) is 9.59. The Hall–Kier alpha value is -4.64. The second kappa shape index (κ2) is 15.7. The first-order chi connectivity index (χ1) is 27.3. The Kier molecular flexibility index (Phi) is 10.4. The molecule has 0 atom stereocenters. The predicted octanol–water partition coefficient (Wildman–Crippen LogP) is 15.7. The van der Waals surface area contributed by atoms with Gasteiger partial charge in [-0.05, 0) is 120 Å². The highest BCUT2D eigenvalue weighted by atomic mass is 79.9. The number of halogens is 4. The monoisotopic (exact) mass is 999 g/mol. The molecule has 9 heteroatoms. The van der Waals surface area contributed by atoms with Gasteiger partial charge < -0.3 is 9.72 Å². The lowest BCUT2D eigenvalue weighted by molar-refractivity contribution is 0.364. The van der Waals surface area contributed by atoms with Gasteiger partial charge in [0.25, 0.3) is 0 Å². The molecule has 4 nitrogen and oxygen atoms in total. The molecule has 5 heterocycles. The Balaban J connectivity index is 1.47. The summed E-state index contributed by atoms with van der Waals surface area (Å²) in [7, 11) is 0. The maximum atomic E-state index is 6.30. The summed E-state index contributed by atoms with van der Waals surface area (Å²) in [5, 5.41) is 0. The summed E-state index contributed by atoms with van der Waals surface area (Å²) in [6.07, 6.45) is 10.3. The largest absolute Gasteiger partial charge is 0.489 e. The molecule has 7 aromatic rings. The van der Waals surface area contributed by atoms with Crippen molar-refractivity contribution in [1.29, 1.82) is 0 Å². The number of aromatic nitrogens is 3. The lowest BCUT2D eigenvalue weighted by atomic mass is 10.0. The number of hydrogen-bond donors (Lipinski definition) is 1. The maximum absolute atomic E-state index is 6.30. The second-order valence-corrected chi connectivity index (χ2v) is 17.9. The van der Waals surface area contributed by atoms with Crippen molar-refractivity contribution in [2.75, 3.05) is 6.61 Å². The van der Waals surface area contributed by atoms with Crippen LogP contribution in [-0.4, -0.2) is 21.6 Å². The molecule has 9 rings (SSSR count). The zero-order chi connectivity index (χ0) is 38.3. The number of rotatable bonds is 7. The Morgan fingerprint density at radius 2 is 0.946 bits per heavy atom. The molecule has 272 valence electrons. The summed E-state index contributed by atoms with van der Waals surface area (Å²) < 4.78 is 12.4. The summed E-state index contributed by atoms with van der Waals surface area (Å²) >= 11 is 16.4. The van der Waals surface area contributed by atoms with Crippen LogP contribution in [0, 0.1) is 0 Å². The molecule has 1 N–H and O–H groups in total. The molecule has 0 spiro atoms. The Labute approximate surface area is 361 Å². The maximum Gasteiger partial charge on any atom is 0.127 e. The van der Waals surface area contributed by atoms with Crippen LogP contribution in [0.3, 0.4) is 0 Å². The molecule has 0 radical (unpaired) electrons. The van der Waals surface area contributed by atoms with Crippen LogP contribution in [0.2, 0.25) is 0 Å². The number of benzene rings is 4. The molecule has 0 fully saturated rings. The molecule has 2 aliphatic rings. The van der Waals surface area contributed by atoms with E-state index in [-0.39, 0.29) is 0 Å². The molecule has 0 saturated carbocycles. The van der Waals surface area contributed by atoms with Crippen LogP contribution in [-0.2, 0) is 0 Å². The van der Waals surface area contributed by atoms with Crippen molar-refractivity contribution in [3.63, 3.8) is 0 Å². The summed E-state index contributed by atoms with van der Waals surface area (Å²) in [5.74, 6) is 0.749. The van der Waals surface area contributed by atoms with E-state index < -0.39 is 0 Å². The predicted molar refractivity (Wildman–Crippen MR) is 251 cm³/mol. The topological polar surface area (TPSA) is 50.8 Å². The number of nitrogens with one attached hydrogen (secondary N) is 1. The third-order valence-corrected chi connectivity index (χ3v) is 12.8. The van der Waals surface area contributed by atoms with Crippen molar-refractivity contribution in [2.24, 2.45) is 0 Å². The molecule has 0 amide bonds. The summed E-state index contributed by atoms with van der Waals surface area (Å²) in [6.45, 7) is 4.28. The Bertz CT molecular complexity index is 2870. The van der Waals surface area contributed by atoms with E-state index >= 15 is 0 Å². The number of fused-ring (bicyclic) bond motifs is 8. The van der Waals surface area contributed by atoms with Crippen LogP contribution in [0.15, 0.2) is 146 Å². The smallest absolute Gasteiger partial charge is 0.127 e. The molecule has 56 heavy (non-hydrogen) atoms.